The van der Waals surface area contributed by atoms with Crippen molar-refractivity contribution >= 4 is 16.9 Å². The number of aromatic nitrogens is 4. The lowest BCUT2D eigenvalue weighted by molar-refractivity contribution is -0.132. The number of aryl methyl sites for hydroxylation is 1. The normalized spacial score (nSPS) is 17.5. The molecule has 0 radical (unpaired) electrons. The van der Waals surface area contributed by atoms with Crippen LogP contribution < -0.4 is 5.56 Å². The van der Waals surface area contributed by atoms with Crippen molar-refractivity contribution < 1.29 is 4.79 Å². The molecule has 1 saturated heterocycles. The third kappa shape index (κ3) is 3.37. The average Bonchev–Trinajstić information content (AvgIpc) is 3.21. The van der Waals surface area contributed by atoms with E-state index in [4.69, 9.17) is 0 Å². The van der Waals surface area contributed by atoms with Crippen molar-refractivity contribution in [1.82, 2.24) is 24.8 Å². The van der Waals surface area contributed by atoms with Crippen molar-refractivity contribution in [3.05, 3.63) is 58.5 Å². The number of rotatable bonds is 4. The molecule has 0 bridgehead atoms. The number of hydrogen-bond acceptors (Lipinski definition) is 4. The van der Waals surface area contributed by atoms with Crippen LogP contribution in [0.15, 0.2) is 41.5 Å². The van der Waals surface area contributed by atoms with Crippen LogP contribution in [-0.4, -0.2) is 43.8 Å². The molecule has 2 N–H and O–H groups in total. The fraction of sp³-hybridized carbons (Fsp3) is 0.368. The molecule has 26 heavy (non-hydrogen) atoms. The molecule has 3 aromatic rings. The van der Waals surface area contributed by atoms with Crippen molar-refractivity contribution in [2.45, 2.75) is 31.6 Å². The smallest absolute Gasteiger partial charge is 0.270 e. The number of piperidine rings is 1. The lowest BCUT2D eigenvalue weighted by Crippen LogP contribution is -2.39. The van der Waals surface area contributed by atoms with Crippen molar-refractivity contribution in [3.8, 4) is 0 Å². The van der Waals surface area contributed by atoms with Crippen molar-refractivity contribution in [2.75, 3.05) is 13.1 Å². The molecule has 7 heteroatoms. The number of carbonyl (C=O) groups is 1. The Hall–Kier alpha value is -2.96. The third-order valence-corrected chi connectivity index (χ3v) is 4.93. The van der Waals surface area contributed by atoms with Crippen LogP contribution in [0.5, 0.6) is 0 Å². The molecular formula is C19H21N5O2. The van der Waals surface area contributed by atoms with Crippen LogP contribution in [0, 0.1) is 0 Å². The molecule has 0 saturated carbocycles. The van der Waals surface area contributed by atoms with E-state index in [1.165, 1.54) is 0 Å². The minimum absolute atomic E-state index is 0.0654. The highest BCUT2D eigenvalue weighted by Crippen LogP contribution is 2.24. The summed E-state index contributed by atoms with van der Waals surface area (Å²) in [6.45, 7) is 1.44. The van der Waals surface area contributed by atoms with Gasteiger partial charge in [0.05, 0.1) is 11.0 Å². The van der Waals surface area contributed by atoms with Crippen LogP contribution in [0.3, 0.4) is 0 Å². The topological polar surface area (TPSA) is 94.7 Å². The number of amides is 1. The number of nitrogens with one attached hydrogen (secondary N) is 2. The number of fused-ring (bicyclic) bond motifs is 1. The summed E-state index contributed by atoms with van der Waals surface area (Å²) in [7, 11) is 0. The summed E-state index contributed by atoms with van der Waals surface area (Å²) in [5.41, 5.74) is 1.65. The molecule has 1 aromatic carbocycles. The number of imidazole rings is 1. The van der Waals surface area contributed by atoms with Gasteiger partial charge in [-0.2, -0.15) is 0 Å². The number of H-pyrrole nitrogens is 2. The first kappa shape index (κ1) is 16.5. The zero-order valence-electron chi connectivity index (χ0n) is 14.4. The third-order valence-electron chi connectivity index (χ3n) is 4.93. The number of carbonyl (C=O) groups excluding carboxylic acids is 1. The molecule has 1 atom stereocenters. The molecule has 0 aliphatic carbocycles. The fourth-order valence-electron chi connectivity index (χ4n) is 3.55. The van der Waals surface area contributed by atoms with Gasteiger partial charge in [0.25, 0.3) is 5.56 Å². The van der Waals surface area contributed by atoms with E-state index >= 15 is 0 Å². The number of benzene rings is 1. The molecule has 1 aliphatic heterocycles. The van der Waals surface area contributed by atoms with E-state index in [1.54, 1.807) is 6.20 Å². The maximum Gasteiger partial charge on any atom is 0.270 e. The van der Waals surface area contributed by atoms with E-state index in [2.05, 4.69) is 19.9 Å². The van der Waals surface area contributed by atoms with Crippen molar-refractivity contribution in [2.24, 2.45) is 0 Å². The summed E-state index contributed by atoms with van der Waals surface area (Å²) < 4.78 is 0. The Labute approximate surface area is 150 Å². The highest BCUT2D eigenvalue weighted by molar-refractivity contribution is 5.77. The van der Waals surface area contributed by atoms with Crippen LogP contribution in [0.2, 0.25) is 0 Å². The fourth-order valence-corrected chi connectivity index (χ4v) is 3.55. The number of hydrogen-bond donors (Lipinski definition) is 2. The molecule has 1 amide bonds. The molecule has 0 spiro atoms. The van der Waals surface area contributed by atoms with Gasteiger partial charge in [0, 0.05) is 44.2 Å². The van der Waals surface area contributed by atoms with E-state index in [1.807, 2.05) is 35.4 Å². The second kappa shape index (κ2) is 7.11. The largest absolute Gasteiger partial charge is 0.348 e. The predicted molar refractivity (Wildman–Crippen MR) is 97.8 cm³/mol. The van der Waals surface area contributed by atoms with Gasteiger partial charge in [0.2, 0.25) is 5.91 Å². The van der Waals surface area contributed by atoms with Crippen LogP contribution >= 0.6 is 0 Å². The summed E-state index contributed by atoms with van der Waals surface area (Å²) in [5.74, 6) is 1.26. The van der Waals surface area contributed by atoms with Gasteiger partial charge in [0.15, 0.2) is 0 Å². The molecule has 1 unspecified atom stereocenters. The SMILES string of the molecule is O=C(CCc1nc2ccccc2[nH]c1=O)N1CCCC(c2ncc[nH]2)C1. The minimum Gasteiger partial charge on any atom is -0.348 e. The lowest BCUT2D eigenvalue weighted by atomic mass is 9.97. The summed E-state index contributed by atoms with van der Waals surface area (Å²) >= 11 is 0. The average molecular weight is 351 g/mol. The Balaban J connectivity index is 1.42. The second-order valence-corrected chi connectivity index (χ2v) is 6.68. The van der Waals surface area contributed by atoms with Gasteiger partial charge in [0.1, 0.15) is 11.5 Å². The number of para-hydroxylation sites is 2. The zero-order chi connectivity index (χ0) is 17.9. The lowest BCUT2D eigenvalue weighted by Gasteiger charge is -2.32. The van der Waals surface area contributed by atoms with Gasteiger partial charge in [-0.05, 0) is 25.0 Å². The van der Waals surface area contributed by atoms with Crippen LogP contribution in [0.1, 0.15) is 36.7 Å². The number of nitrogens with zero attached hydrogens (tertiary/aromatic N) is 3. The summed E-state index contributed by atoms with van der Waals surface area (Å²) in [4.78, 5) is 41.4. The Morgan fingerprint density at radius 1 is 1.31 bits per heavy atom. The molecule has 2 aromatic heterocycles. The van der Waals surface area contributed by atoms with E-state index in [0.717, 1.165) is 30.7 Å². The maximum absolute atomic E-state index is 12.6. The molecule has 1 aliphatic rings. The predicted octanol–water partition coefficient (Wildman–Crippen LogP) is 1.98. The second-order valence-electron chi connectivity index (χ2n) is 6.68. The van der Waals surface area contributed by atoms with Crippen molar-refractivity contribution in [1.29, 1.82) is 0 Å². The Bertz CT molecular complexity index is 963. The van der Waals surface area contributed by atoms with E-state index < -0.39 is 0 Å². The van der Waals surface area contributed by atoms with Gasteiger partial charge in [-0.15, -0.1) is 0 Å². The summed E-state index contributed by atoms with van der Waals surface area (Å²) in [6.07, 6.45) is 6.19. The maximum atomic E-state index is 12.6. The molecule has 3 heterocycles. The first-order chi connectivity index (χ1) is 12.7. The number of aromatic amines is 2. The number of likely N-dealkylation sites (tertiary alicyclic amines) is 1. The minimum atomic E-state index is -0.219. The van der Waals surface area contributed by atoms with E-state index in [-0.39, 0.29) is 17.4 Å². The first-order valence-electron chi connectivity index (χ1n) is 8.95. The zero-order valence-corrected chi connectivity index (χ0v) is 14.4. The highest BCUT2D eigenvalue weighted by Gasteiger charge is 2.26. The summed E-state index contributed by atoms with van der Waals surface area (Å²) in [5, 5.41) is 0. The van der Waals surface area contributed by atoms with Crippen LogP contribution in [-0.2, 0) is 11.2 Å². The van der Waals surface area contributed by atoms with Crippen LogP contribution in [0.25, 0.3) is 11.0 Å². The van der Waals surface area contributed by atoms with Crippen molar-refractivity contribution in [3.63, 3.8) is 0 Å². The highest BCUT2D eigenvalue weighted by atomic mass is 16.2. The Morgan fingerprint density at radius 3 is 3.04 bits per heavy atom. The summed E-state index contributed by atoms with van der Waals surface area (Å²) in [6, 6.07) is 7.41. The quantitative estimate of drug-likeness (QED) is 0.751. The van der Waals surface area contributed by atoms with E-state index in [9.17, 15) is 9.59 Å². The van der Waals surface area contributed by atoms with Crippen LogP contribution in [0.4, 0.5) is 0 Å². The van der Waals surface area contributed by atoms with Gasteiger partial charge >= 0.3 is 0 Å². The van der Waals surface area contributed by atoms with Gasteiger partial charge in [-0.1, -0.05) is 12.1 Å². The van der Waals surface area contributed by atoms with Gasteiger partial charge in [-0.25, -0.2) is 9.97 Å². The standard InChI is InChI=1S/C19H21N5O2/c25-17(24-11-3-4-13(12-24)18-20-9-10-21-18)8-7-16-19(26)23-15-6-2-1-5-14(15)22-16/h1-2,5-6,9-10,13H,3-4,7-8,11-12H2,(H,20,21)(H,23,26). The molecule has 7 nitrogen and oxygen atoms in total. The molecular weight excluding hydrogens is 330 g/mol. The van der Waals surface area contributed by atoms with Gasteiger partial charge < -0.3 is 14.9 Å². The monoisotopic (exact) mass is 351 g/mol. The first-order valence-corrected chi connectivity index (χ1v) is 8.95. The molecule has 1 fully saturated rings. The molecule has 4 rings (SSSR count). The Morgan fingerprint density at radius 2 is 2.19 bits per heavy atom. The molecule has 134 valence electrons. The van der Waals surface area contributed by atoms with E-state index in [0.29, 0.717) is 30.6 Å². The Kier molecular flexibility index (Phi) is 4.51. The van der Waals surface area contributed by atoms with Gasteiger partial charge in [-0.3, -0.25) is 9.59 Å².